The molecular weight excluding hydrogens is 136 g/mol. The fourth-order valence-corrected chi connectivity index (χ4v) is 2.03. The van der Waals surface area contributed by atoms with Gasteiger partial charge >= 0.3 is 0 Å². The fourth-order valence-electron chi connectivity index (χ4n) is 2.03. The second-order valence-electron chi connectivity index (χ2n) is 3.73. The molecule has 2 N–H and O–H groups in total. The van der Waals surface area contributed by atoms with Crippen LogP contribution in [0.15, 0.2) is 12.2 Å². The third-order valence-corrected chi connectivity index (χ3v) is 2.81. The lowest BCUT2D eigenvalue weighted by Crippen LogP contribution is -2.34. The molecule has 1 saturated heterocycles. The molecule has 0 aromatic heterocycles. The Bertz CT molecular complexity index is 157. The van der Waals surface area contributed by atoms with Crippen molar-refractivity contribution in [1.82, 2.24) is 10.6 Å². The van der Waals surface area contributed by atoms with Gasteiger partial charge in [0.15, 0.2) is 0 Å². The van der Waals surface area contributed by atoms with Gasteiger partial charge in [0, 0.05) is 19.6 Å². The topological polar surface area (TPSA) is 24.1 Å². The molecule has 0 aliphatic carbocycles. The molecular formula is C9H16N2. The molecule has 2 aliphatic heterocycles. The molecule has 0 aromatic carbocycles. The zero-order chi connectivity index (χ0) is 7.57. The summed E-state index contributed by atoms with van der Waals surface area (Å²) in [7, 11) is 0. The van der Waals surface area contributed by atoms with Gasteiger partial charge in [-0.2, -0.15) is 0 Å². The summed E-state index contributed by atoms with van der Waals surface area (Å²) in [6.07, 6.45) is 7.16. The first-order chi connectivity index (χ1) is 5.41. The third kappa shape index (κ3) is 1.47. The van der Waals surface area contributed by atoms with Crippen molar-refractivity contribution in [2.24, 2.45) is 5.41 Å². The molecule has 2 heteroatoms. The van der Waals surface area contributed by atoms with E-state index in [0.29, 0.717) is 5.41 Å². The van der Waals surface area contributed by atoms with Crippen LogP contribution in [0.5, 0.6) is 0 Å². The summed E-state index contributed by atoms with van der Waals surface area (Å²) in [6, 6.07) is 0. The summed E-state index contributed by atoms with van der Waals surface area (Å²) in [6.45, 7) is 4.65. The van der Waals surface area contributed by atoms with Crippen molar-refractivity contribution >= 4 is 0 Å². The van der Waals surface area contributed by atoms with Crippen LogP contribution < -0.4 is 10.6 Å². The Labute approximate surface area is 68.1 Å². The van der Waals surface area contributed by atoms with Crippen molar-refractivity contribution in [2.45, 2.75) is 12.8 Å². The van der Waals surface area contributed by atoms with Crippen molar-refractivity contribution < 1.29 is 0 Å². The summed E-state index contributed by atoms with van der Waals surface area (Å²) in [5.74, 6) is 0. The van der Waals surface area contributed by atoms with E-state index in [1.807, 2.05) is 0 Å². The van der Waals surface area contributed by atoms with E-state index in [-0.39, 0.29) is 0 Å². The van der Waals surface area contributed by atoms with Gasteiger partial charge in [0.2, 0.25) is 0 Å². The number of rotatable bonds is 0. The number of nitrogens with one attached hydrogen (secondary N) is 2. The highest BCUT2D eigenvalue weighted by molar-refractivity contribution is 5.00. The van der Waals surface area contributed by atoms with Gasteiger partial charge in [-0.25, -0.2) is 0 Å². The first kappa shape index (κ1) is 7.32. The van der Waals surface area contributed by atoms with E-state index in [4.69, 9.17) is 0 Å². The minimum absolute atomic E-state index is 0.549. The molecule has 1 atom stereocenters. The highest BCUT2D eigenvalue weighted by Gasteiger charge is 2.32. The van der Waals surface area contributed by atoms with E-state index < -0.39 is 0 Å². The molecule has 2 rings (SSSR count). The van der Waals surface area contributed by atoms with Crippen molar-refractivity contribution in [2.75, 3.05) is 26.2 Å². The van der Waals surface area contributed by atoms with E-state index in [1.165, 1.54) is 32.5 Å². The second kappa shape index (κ2) is 2.95. The summed E-state index contributed by atoms with van der Waals surface area (Å²) in [5, 5.41) is 6.89. The minimum atomic E-state index is 0.549. The fraction of sp³-hybridized carbons (Fsp3) is 0.778. The van der Waals surface area contributed by atoms with E-state index in [1.54, 1.807) is 0 Å². The second-order valence-corrected chi connectivity index (χ2v) is 3.73. The van der Waals surface area contributed by atoms with Crippen LogP contribution in [-0.4, -0.2) is 26.2 Å². The van der Waals surface area contributed by atoms with Gasteiger partial charge in [-0.15, -0.1) is 0 Å². The molecule has 1 spiro atoms. The van der Waals surface area contributed by atoms with E-state index in [9.17, 15) is 0 Å². The van der Waals surface area contributed by atoms with Crippen molar-refractivity contribution in [3.8, 4) is 0 Å². The average Bonchev–Trinajstić information content (AvgIpc) is 2.32. The Morgan fingerprint density at radius 1 is 1.09 bits per heavy atom. The van der Waals surface area contributed by atoms with Gasteiger partial charge in [-0.3, -0.25) is 0 Å². The summed E-state index contributed by atoms with van der Waals surface area (Å²) in [5.41, 5.74) is 0.549. The number of allylic oxidation sites excluding steroid dienone is 1. The normalized spacial score (nSPS) is 37.8. The Morgan fingerprint density at radius 2 is 2.00 bits per heavy atom. The average molecular weight is 152 g/mol. The van der Waals surface area contributed by atoms with E-state index in [2.05, 4.69) is 22.8 Å². The molecule has 0 radical (unpaired) electrons. The van der Waals surface area contributed by atoms with Crippen molar-refractivity contribution in [1.29, 1.82) is 0 Å². The van der Waals surface area contributed by atoms with Gasteiger partial charge in [0.1, 0.15) is 0 Å². The van der Waals surface area contributed by atoms with Crippen LogP contribution in [0.1, 0.15) is 12.8 Å². The maximum atomic E-state index is 3.45. The van der Waals surface area contributed by atoms with Crippen molar-refractivity contribution in [3.63, 3.8) is 0 Å². The van der Waals surface area contributed by atoms with Crippen LogP contribution in [-0.2, 0) is 0 Å². The molecule has 2 heterocycles. The lowest BCUT2D eigenvalue weighted by atomic mass is 9.84. The number of hydrogen-bond donors (Lipinski definition) is 2. The SMILES string of the molecule is C1=CCC2(CCNC2)CNC1. The van der Waals surface area contributed by atoms with Crippen LogP contribution in [0.4, 0.5) is 0 Å². The van der Waals surface area contributed by atoms with Crippen LogP contribution in [0, 0.1) is 5.41 Å². The Morgan fingerprint density at radius 3 is 2.82 bits per heavy atom. The third-order valence-electron chi connectivity index (χ3n) is 2.81. The van der Waals surface area contributed by atoms with Gasteiger partial charge in [0.05, 0.1) is 0 Å². The van der Waals surface area contributed by atoms with Crippen LogP contribution >= 0.6 is 0 Å². The first-order valence-electron chi connectivity index (χ1n) is 4.48. The molecule has 1 fully saturated rings. The van der Waals surface area contributed by atoms with Crippen LogP contribution in [0.25, 0.3) is 0 Å². The molecule has 0 aromatic rings. The standard InChI is InChI=1S/C9H16N2/c1-2-5-10-7-9(3-1)4-6-11-8-9/h1-2,10-11H,3-8H2. The highest BCUT2D eigenvalue weighted by atomic mass is 15.0. The lowest BCUT2D eigenvalue weighted by Gasteiger charge is -2.25. The molecule has 0 amide bonds. The minimum Gasteiger partial charge on any atom is -0.316 e. The maximum absolute atomic E-state index is 3.45. The molecule has 11 heavy (non-hydrogen) atoms. The van der Waals surface area contributed by atoms with Gasteiger partial charge < -0.3 is 10.6 Å². The van der Waals surface area contributed by atoms with Crippen molar-refractivity contribution in [3.05, 3.63) is 12.2 Å². The molecule has 1 unspecified atom stereocenters. The van der Waals surface area contributed by atoms with Gasteiger partial charge in [-0.1, -0.05) is 12.2 Å². The molecule has 0 bridgehead atoms. The molecule has 0 saturated carbocycles. The smallest absolute Gasteiger partial charge is 0.0135 e. The van der Waals surface area contributed by atoms with Gasteiger partial charge in [0.25, 0.3) is 0 Å². The summed E-state index contributed by atoms with van der Waals surface area (Å²) >= 11 is 0. The summed E-state index contributed by atoms with van der Waals surface area (Å²) in [4.78, 5) is 0. The highest BCUT2D eigenvalue weighted by Crippen LogP contribution is 2.29. The molecule has 62 valence electrons. The largest absolute Gasteiger partial charge is 0.316 e. The van der Waals surface area contributed by atoms with Crippen LogP contribution in [0.2, 0.25) is 0 Å². The Kier molecular flexibility index (Phi) is 1.96. The predicted octanol–water partition coefficient (Wildman–Crippen LogP) is 0.516. The number of hydrogen-bond acceptors (Lipinski definition) is 2. The zero-order valence-electron chi connectivity index (χ0n) is 6.90. The monoisotopic (exact) mass is 152 g/mol. The van der Waals surface area contributed by atoms with Gasteiger partial charge in [-0.05, 0) is 24.8 Å². The Hall–Kier alpha value is -0.340. The quantitative estimate of drug-likeness (QED) is 0.494. The predicted molar refractivity (Wildman–Crippen MR) is 46.5 cm³/mol. The van der Waals surface area contributed by atoms with Crippen LogP contribution in [0.3, 0.4) is 0 Å². The van der Waals surface area contributed by atoms with E-state index in [0.717, 1.165) is 6.54 Å². The lowest BCUT2D eigenvalue weighted by molar-refractivity contribution is 0.318. The maximum Gasteiger partial charge on any atom is 0.0135 e. The summed E-state index contributed by atoms with van der Waals surface area (Å²) < 4.78 is 0. The zero-order valence-corrected chi connectivity index (χ0v) is 6.90. The molecule has 2 aliphatic rings. The molecule has 2 nitrogen and oxygen atoms in total. The van der Waals surface area contributed by atoms with E-state index >= 15 is 0 Å². The Balaban J connectivity index is 2.04. The first-order valence-corrected chi connectivity index (χ1v) is 4.48.